The van der Waals surface area contributed by atoms with Crippen molar-refractivity contribution in [3.63, 3.8) is 0 Å². The number of hydrogen-bond donors (Lipinski definition) is 0. The number of methoxy groups -OCH3 is 2. The Balaban J connectivity index is 4.11. The van der Waals surface area contributed by atoms with Gasteiger partial charge in [0.05, 0.1) is 14.2 Å². The van der Waals surface area contributed by atoms with Crippen molar-refractivity contribution in [1.29, 1.82) is 0 Å². The third-order valence-corrected chi connectivity index (χ3v) is 5.41. The number of esters is 2. The first-order chi connectivity index (χ1) is 15.1. The van der Waals surface area contributed by atoms with E-state index < -0.39 is 0 Å². The zero-order valence-corrected chi connectivity index (χ0v) is 20.4. The van der Waals surface area contributed by atoms with Crippen molar-refractivity contribution < 1.29 is 19.1 Å². The van der Waals surface area contributed by atoms with Crippen LogP contribution < -0.4 is 0 Å². The Bertz CT molecular complexity index is 539. The Morgan fingerprint density at radius 2 is 1.19 bits per heavy atom. The van der Waals surface area contributed by atoms with Gasteiger partial charge in [0.15, 0.2) is 0 Å². The molecule has 0 aliphatic rings. The Morgan fingerprint density at radius 1 is 0.677 bits per heavy atom. The van der Waals surface area contributed by atoms with Crippen molar-refractivity contribution in [2.24, 2.45) is 0 Å². The van der Waals surface area contributed by atoms with Crippen LogP contribution in [0.2, 0.25) is 0 Å². The molecule has 178 valence electrons. The molecule has 0 saturated heterocycles. The summed E-state index contributed by atoms with van der Waals surface area (Å²) in [6.07, 6.45) is 21.6. The van der Waals surface area contributed by atoms with Gasteiger partial charge < -0.3 is 9.47 Å². The van der Waals surface area contributed by atoms with E-state index in [0.717, 1.165) is 44.1 Å². The second-order valence-corrected chi connectivity index (χ2v) is 8.21. The fraction of sp³-hybridized carbons (Fsp3) is 0.778. The van der Waals surface area contributed by atoms with Gasteiger partial charge in [-0.05, 0) is 44.1 Å². The average molecular weight is 435 g/mol. The van der Waals surface area contributed by atoms with Crippen molar-refractivity contribution in [3.05, 3.63) is 11.6 Å². The van der Waals surface area contributed by atoms with Crippen molar-refractivity contribution in [1.82, 2.24) is 0 Å². The van der Waals surface area contributed by atoms with E-state index in [-0.39, 0.29) is 11.9 Å². The number of carbonyl (C=O) groups excluding carboxylic acids is 2. The van der Waals surface area contributed by atoms with Gasteiger partial charge in [-0.2, -0.15) is 0 Å². The highest BCUT2D eigenvalue weighted by Crippen LogP contribution is 2.13. The molecule has 0 atom stereocenters. The fourth-order valence-electron chi connectivity index (χ4n) is 3.40. The summed E-state index contributed by atoms with van der Waals surface area (Å²) in [6.45, 7) is 2.26. The van der Waals surface area contributed by atoms with Gasteiger partial charge >= 0.3 is 11.9 Å². The van der Waals surface area contributed by atoms with Gasteiger partial charge in [0.1, 0.15) is 0 Å². The molecule has 4 nitrogen and oxygen atoms in total. The topological polar surface area (TPSA) is 52.6 Å². The summed E-state index contributed by atoms with van der Waals surface area (Å²) in [6, 6.07) is 0. The lowest BCUT2D eigenvalue weighted by molar-refractivity contribution is -0.141. The van der Waals surface area contributed by atoms with Gasteiger partial charge in [0, 0.05) is 19.3 Å². The number of hydrogen-bond acceptors (Lipinski definition) is 4. The molecular formula is C27H46O4. The zero-order chi connectivity index (χ0) is 23.0. The predicted molar refractivity (Wildman–Crippen MR) is 129 cm³/mol. The number of allylic oxidation sites excluding steroid dienone is 2. The van der Waals surface area contributed by atoms with Gasteiger partial charge in [-0.25, -0.2) is 0 Å². The fourth-order valence-corrected chi connectivity index (χ4v) is 3.40. The van der Waals surface area contributed by atoms with Gasteiger partial charge in [-0.15, -0.1) is 0 Å². The highest BCUT2D eigenvalue weighted by Gasteiger charge is 2.02. The van der Waals surface area contributed by atoms with Gasteiger partial charge in [-0.1, -0.05) is 82.6 Å². The molecule has 0 fully saturated rings. The second kappa shape index (κ2) is 22.9. The molecule has 0 aliphatic heterocycles. The minimum Gasteiger partial charge on any atom is -0.469 e. The molecule has 0 unspecified atom stereocenters. The Kier molecular flexibility index (Phi) is 21.6. The van der Waals surface area contributed by atoms with Crippen LogP contribution in [0.15, 0.2) is 11.6 Å². The molecule has 0 aliphatic carbocycles. The molecule has 0 spiro atoms. The van der Waals surface area contributed by atoms with E-state index >= 15 is 0 Å². The number of unbranched alkanes of at least 4 members (excludes halogenated alkanes) is 12. The van der Waals surface area contributed by atoms with Crippen LogP contribution in [0, 0.1) is 11.8 Å². The molecule has 31 heavy (non-hydrogen) atoms. The quantitative estimate of drug-likeness (QED) is 0.121. The van der Waals surface area contributed by atoms with E-state index in [4.69, 9.17) is 4.74 Å². The number of ether oxygens (including phenoxy) is 2. The molecule has 4 heteroatoms. The molecule has 0 amide bonds. The lowest BCUT2D eigenvalue weighted by Crippen LogP contribution is -1.99. The van der Waals surface area contributed by atoms with Crippen molar-refractivity contribution in [3.8, 4) is 11.8 Å². The normalized spacial score (nSPS) is 11.0. The van der Waals surface area contributed by atoms with E-state index in [1.807, 2.05) is 0 Å². The summed E-state index contributed by atoms with van der Waals surface area (Å²) in [4.78, 5) is 22.5. The first kappa shape index (κ1) is 29.2. The SMILES string of the molecule is CCCCCCCCCCCCC#C/C(=C\CCCC(=O)OC)CCCCC(=O)OC. The highest BCUT2D eigenvalue weighted by molar-refractivity contribution is 5.69. The van der Waals surface area contributed by atoms with Crippen LogP contribution in [0.4, 0.5) is 0 Å². The third kappa shape index (κ3) is 21.3. The first-order valence-electron chi connectivity index (χ1n) is 12.5. The largest absolute Gasteiger partial charge is 0.469 e. The monoisotopic (exact) mass is 434 g/mol. The smallest absolute Gasteiger partial charge is 0.305 e. The van der Waals surface area contributed by atoms with Crippen LogP contribution in [-0.2, 0) is 19.1 Å². The molecule has 0 aromatic carbocycles. The maximum Gasteiger partial charge on any atom is 0.305 e. The molecule has 0 radical (unpaired) electrons. The standard InChI is InChI=1S/C27H46O4/c1-4-5-6-7-8-9-10-11-12-13-14-15-20-25(21-16-18-23-26(28)30-2)22-17-19-24-27(29)31-3/h21H,4-14,16-19,22-24H2,1-3H3/b25-21+. The van der Waals surface area contributed by atoms with Crippen LogP contribution in [0.1, 0.15) is 122 Å². The molecule has 0 aromatic heterocycles. The summed E-state index contributed by atoms with van der Waals surface area (Å²) < 4.78 is 9.38. The number of rotatable bonds is 19. The van der Waals surface area contributed by atoms with E-state index in [2.05, 4.69) is 29.6 Å². The molecule has 0 saturated carbocycles. The molecule has 0 aromatic rings. The van der Waals surface area contributed by atoms with Gasteiger partial charge in [-0.3, -0.25) is 9.59 Å². The van der Waals surface area contributed by atoms with Crippen molar-refractivity contribution in [2.75, 3.05) is 14.2 Å². The molecular weight excluding hydrogens is 388 g/mol. The summed E-state index contributed by atoms with van der Waals surface area (Å²) in [7, 11) is 2.85. The van der Waals surface area contributed by atoms with Crippen molar-refractivity contribution in [2.45, 2.75) is 122 Å². The van der Waals surface area contributed by atoms with E-state index in [1.165, 1.54) is 78.4 Å². The second-order valence-electron chi connectivity index (χ2n) is 8.21. The lowest BCUT2D eigenvalue weighted by Gasteiger charge is -2.02. The first-order valence-corrected chi connectivity index (χ1v) is 12.5. The predicted octanol–water partition coefficient (Wildman–Crippen LogP) is 7.30. The third-order valence-electron chi connectivity index (χ3n) is 5.41. The molecule has 0 rings (SSSR count). The zero-order valence-electron chi connectivity index (χ0n) is 20.4. The van der Waals surface area contributed by atoms with E-state index in [9.17, 15) is 9.59 Å². The van der Waals surface area contributed by atoms with Crippen LogP contribution in [0.5, 0.6) is 0 Å². The summed E-state index contributed by atoms with van der Waals surface area (Å²) in [5.74, 6) is 6.34. The van der Waals surface area contributed by atoms with Crippen molar-refractivity contribution >= 4 is 11.9 Å². The molecule has 0 bridgehead atoms. The number of carbonyl (C=O) groups is 2. The van der Waals surface area contributed by atoms with E-state index in [0.29, 0.717) is 12.8 Å². The van der Waals surface area contributed by atoms with Crippen LogP contribution in [0.3, 0.4) is 0 Å². The van der Waals surface area contributed by atoms with Crippen LogP contribution >= 0.6 is 0 Å². The minimum atomic E-state index is -0.167. The Labute approximate surface area is 191 Å². The summed E-state index contributed by atoms with van der Waals surface area (Å²) >= 11 is 0. The average Bonchev–Trinajstić information content (AvgIpc) is 2.78. The minimum absolute atomic E-state index is 0.157. The van der Waals surface area contributed by atoms with Gasteiger partial charge in [0.2, 0.25) is 0 Å². The Morgan fingerprint density at radius 3 is 1.77 bits per heavy atom. The van der Waals surface area contributed by atoms with Gasteiger partial charge in [0.25, 0.3) is 0 Å². The summed E-state index contributed by atoms with van der Waals surface area (Å²) in [5, 5.41) is 0. The Hall–Kier alpha value is -1.76. The maximum atomic E-state index is 11.2. The summed E-state index contributed by atoms with van der Waals surface area (Å²) in [5.41, 5.74) is 1.13. The molecule has 0 heterocycles. The van der Waals surface area contributed by atoms with Crippen LogP contribution in [0.25, 0.3) is 0 Å². The highest BCUT2D eigenvalue weighted by atomic mass is 16.5. The van der Waals surface area contributed by atoms with E-state index in [1.54, 1.807) is 0 Å². The van der Waals surface area contributed by atoms with Crippen LogP contribution in [-0.4, -0.2) is 26.2 Å². The maximum absolute atomic E-state index is 11.2. The molecule has 0 N–H and O–H groups in total. The lowest BCUT2D eigenvalue weighted by atomic mass is 10.0.